The molecule has 1 aliphatic heterocycles. The van der Waals surface area contributed by atoms with Crippen molar-refractivity contribution in [2.45, 2.75) is 32.1 Å². The molecule has 92 valence electrons. The number of rotatable bonds is 6. The highest BCUT2D eigenvalue weighted by Gasteiger charge is 2.14. The lowest BCUT2D eigenvalue weighted by molar-refractivity contribution is -0.136. The molecule has 1 heterocycles. The van der Waals surface area contributed by atoms with Gasteiger partial charge in [-0.25, -0.2) is 0 Å². The molecule has 0 aliphatic carbocycles. The molecule has 0 aromatic carbocycles. The molecule has 3 N–H and O–H groups in total. The standard InChI is InChI=1S/C11H20N2O3/c14-10(13-7-5-11(15)16)4-3-9-2-1-6-12-8-9/h9,12H,1-8H2,(H,13,14)(H,15,16). The Bertz CT molecular complexity index is 237. The molecule has 0 radical (unpaired) electrons. The van der Waals surface area contributed by atoms with Gasteiger partial charge in [-0.2, -0.15) is 0 Å². The SMILES string of the molecule is O=C(O)CCNC(=O)CCC1CCCNC1. The van der Waals surface area contributed by atoms with E-state index in [-0.39, 0.29) is 18.9 Å². The van der Waals surface area contributed by atoms with Crippen LogP contribution in [0, 0.1) is 5.92 Å². The number of nitrogens with one attached hydrogen (secondary N) is 2. The van der Waals surface area contributed by atoms with Crippen LogP contribution in [0.4, 0.5) is 0 Å². The van der Waals surface area contributed by atoms with Crippen LogP contribution in [0.1, 0.15) is 32.1 Å². The van der Waals surface area contributed by atoms with Gasteiger partial charge in [0.1, 0.15) is 0 Å². The van der Waals surface area contributed by atoms with Gasteiger partial charge in [0.2, 0.25) is 5.91 Å². The first-order chi connectivity index (χ1) is 7.68. The van der Waals surface area contributed by atoms with Crippen molar-refractivity contribution in [2.75, 3.05) is 19.6 Å². The lowest BCUT2D eigenvalue weighted by Gasteiger charge is -2.22. The van der Waals surface area contributed by atoms with E-state index in [2.05, 4.69) is 10.6 Å². The fraction of sp³-hybridized carbons (Fsp3) is 0.818. The van der Waals surface area contributed by atoms with Gasteiger partial charge in [-0.1, -0.05) is 0 Å². The third kappa shape index (κ3) is 5.70. The monoisotopic (exact) mass is 228 g/mol. The second kappa shape index (κ2) is 7.22. The summed E-state index contributed by atoms with van der Waals surface area (Å²) in [4.78, 5) is 21.6. The van der Waals surface area contributed by atoms with E-state index in [4.69, 9.17) is 5.11 Å². The number of hydrogen-bond acceptors (Lipinski definition) is 3. The summed E-state index contributed by atoms with van der Waals surface area (Å²) >= 11 is 0. The molecule has 5 heteroatoms. The molecule has 1 unspecified atom stereocenters. The summed E-state index contributed by atoms with van der Waals surface area (Å²) in [5.41, 5.74) is 0. The van der Waals surface area contributed by atoms with E-state index in [1.807, 2.05) is 0 Å². The molecule has 5 nitrogen and oxygen atoms in total. The fourth-order valence-corrected chi connectivity index (χ4v) is 1.90. The quantitative estimate of drug-likeness (QED) is 0.613. The van der Waals surface area contributed by atoms with Crippen molar-refractivity contribution in [2.24, 2.45) is 5.92 Å². The van der Waals surface area contributed by atoms with Crippen LogP contribution in [0.15, 0.2) is 0 Å². The van der Waals surface area contributed by atoms with Crippen molar-refractivity contribution >= 4 is 11.9 Å². The van der Waals surface area contributed by atoms with Crippen molar-refractivity contribution in [3.63, 3.8) is 0 Å². The number of carboxylic acid groups (broad SMARTS) is 1. The van der Waals surface area contributed by atoms with Crippen LogP contribution in [0.25, 0.3) is 0 Å². The van der Waals surface area contributed by atoms with E-state index in [1.165, 1.54) is 12.8 Å². The van der Waals surface area contributed by atoms with Crippen LogP contribution in [0.2, 0.25) is 0 Å². The highest BCUT2D eigenvalue weighted by molar-refractivity contribution is 5.76. The van der Waals surface area contributed by atoms with E-state index in [0.29, 0.717) is 12.3 Å². The Morgan fingerprint density at radius 2 is 2.19 bits per heavy atom. The van der Waals surface area contributed by atoms with Crippen LogP contribution in [0.3, 0.4) is 0 Å². The normalized spacial score (nSPS) is 20.4. The van der Waals surface area contributed by atoms with Crippen LogP contribution >= 0.6 is 0 Å². The van der Waals surface area contributed by atoms with Crippen molar-refractivity contribution in [3.05, 3.63) is 0 Å². The summed E-state index contributed by atoms with van der Waals surface area (Å²) in [5, 5.41) is 14.3. The number of aliphatic carboxylic acids is 1. The van der Waals surface area contributed by atoms with Gasteiger partial charge in [0, 0.05) is 13.0 Å². The van der Waals surface area contributed by atoms with Gasteiger partial charge in [-0.15, -0.1) is 0 Å². The predicted molar refractivity (Wildman–Crippen MR) is 60.1 cm³/mol. The molecule has 0 aromatic heterocycles. The average molecular weight is 228 g/mol. The van der Waals surface area contributed by atoms with E-state index >= 15 is 0 Å². The van der Waals surface area contributed by atoms with Gasteiger partial charge in [-0.3, -0.25) is 9.59 Å². The molecule has 0 aromatic rings. The Morgan fingerprint density at radius 3 is 2.81 bits per heavy atom. The van der Waals surface area contributed by atoms with Gasteiger partial charge in [0.15, 0.2) is 0 Å². The summed E-state index contributed by atoms with van der Waals surface area (Å²) in [6, 6.07) is 0. The van der Waals surface area contributed by atoms with E-state index < -0.39 is 5.97 Å². The molecule has 1 amide bonds. The number of amides is 1. The van der Waals surface area contributed by atoms with Gasteiger partial charge in [0.05, 0.1) is 6.42 Å². The summed E-state index contributed by atoms with van der Waals surface area (Å²) in [6.45, 7) is 2.32. The largest absolute Gasteiger partial charge is 0.481 e. The maximum absolute atomic E-state index is 11.3. The third-order valence-electron chi connectivity index (χ3n) is 2.84. The fourth-order valence-electron chi connectivity index (χ4n) is 1.90. The third-order valence-corrected chi connectivity index (χ3v) is 2.84. The van der Waals surface area contributed by atoms with Crippen LogP contribution in [0.5, 0.6) is 0 Å². The van der Waals surface area contributed by atoms with E-state index in [1.54, 1.807) is 0 Å². The molecule has 1 atom stereocenters. The van der Waals surface area contributed by atoms with Gasteiger partial charge < -0.3 is 15.7 Å². The first-order valence-corrected chi connectivity index (χ1v) is 5.87. The number of carbonyl (C=O) groups is 2. The molecule has 1 aliphatic rings. The minimum absolute atomic E-state index is 0.00325. The number of piperidine rings is 1. The molecule has 1 fully saturated rings. The summed E-state index contributed by atoms with van der Waals surface area (Å²) in [5.74, 6) is -0.317. The Balaban J connectivity index is 2.02. The van der Waals surface area contributed by atoms with Crippen LogP contribution in [-0.2, 0) is 9.59 Å². The average Bonchev–Trinajstić information content (AvgIpc) is 2.27. The van der Waals surface area contributed by atoms with Gasteiger partial charge in [0.25, 0.3) is 0 Å². The first kappa shape index (κ1) is 13.0. The van der Waals surface area contributed by atoms with Crippen molar-refractivity contribution < 1.29 is 14.7 Å². The van der Waals surface area contributed by atoms with Crippen molar-refractivity contribution in [1.82, 2.24) is 10.6 Å². The molecule has 1 rings (SSSR count). The lowest BCUT2D eigenvalue weighted by atomic mass is 9.94. The van der Waals surface area contributed by atoms with Crippen molar-refractivity contribution in [3.8, 4) is 0 Å². The predicted octanol–water partition coefficient (Wildman–Crippen LogP) is 0.357. The topological polar surface area (TPSA) is 78.4 Å². The smallest absolute Gasteiger partial charge is 0.305 e. The minimum atomic E-state index is -0.878. The number of carbonyl (C=O) groups excluding carboxylic acids is 1. The van der Waals surface area contributed by atoms with Gasteiger partial charge >= 0.3 is 5.97 Å². The maximum Gasteiger partial charge on any atom is 0.305 e. The van der Waals surface area contributed by atoms with Gasteiger partial charge in [-0.05, 0) is 38.3 Å². The summed E-state index contributed by atoms with van der Waals surface area (Å²) < 4.78 is 0. The number of carboxylic acids is 1. The zero-order chi connectivity index (χ0) is 11.8. The summed E-state index contributed by atoms with van der Waals surface area (Å²) in [7, 11) is 0. The molecular formula is C11H20N2O3. The van der Waals surface area contributed by atoms with E-state index in [0.717, 1.165) is 19.5 Å². The highest BCUT2D eigenvalue weighted by Crippen LogP contribution is 2.15. The Labute approximate surface area is 95.6 Å². The second-order valence-corrected chi connectivity index (χ2v) is 4.24. The zero-order valence-electron chi connectivity index (χ0n) is 9.50. The molecule has 0 bridgehead atoms. The highest BCUT2D eigenvalue weighted by atomic mass is 16.4. The zero-order valence-corrected chi connectivity index (χ0v) is 9.50. The van der Waals surface area contributed by atoms with Crippen LogP contribution < -0.4 is 10.6 Å². The van der Waals surface area contributed by atoms with E-state index in [9.17, 15) is 9.59 Å². The molecule has 1 saturated heterocycles. The minimum Gasteiger partial charge on any atom is -0.481 e. The molecular weight excluding hydrogens is 208 g/mol. The molecule has 16 heavy (non-hydrogen) atoms. The Hall–Kier alpha value is -1.10. The maximum atomic E-state index is 11.3. The Kier molecular flexibility index (Phi) is 5.85. The Morgan fingerprint density at radius 1 is 1.38 bits per heavy atom. The second-order valence-electron chi connectivity index (χ2n) is 4.24. The summed E-state index contributed by atoms with van der Waals surface area (Å²) in [6.07, 6.45) is 3.77. The van der Waals surface area contributed by atoms with Crippen LogP contribution in [-0.4, -0.2) is 36.6 Å². The first-order valence-electron chi connectivity index (χ1n) is 5.87. The lowest BCUT2D eigenvalue weighted by Crippen LogP contribution is -2.31. The molecule has 0 saturated carbocycles. The number of hydrogen-bond donors (Lipinski definition) is 3. The van der Waals surface area contributed by atoms with Crippen molar-refractivity contribution in [1.29, 1.82) is 0 Å². The molecule has 0 spiro atoms.